The summed E-state index contributed by atoms with van der Waals surface area (Å²) in [5.74, 6) is 0.729. The predicted molar refractivity (Wildman–Crippen MR) is 50.1 cm³/mol. The SMILES string of the molecule is CCC(CNC)Cc1ccoc1. The van der Waals surface area contributed by atoms with Crippen LogP contribution in [0.3, 0.4) is 0 Å². The molecule has 1 aromatic rings. The van der Waals surface area contributed by atoms with Crippen LogP contribution < -0.4 is 5.32 Å². The summed E-state index contributed by atoms with van der Waals surface area (Å²) < 4.78 is 5.02. The fraction of sp³-hybridized carbons (Fsp3) is 0.600. The number of nitrogens with one attached hydrogen (secondary N) is 1. The maximum atomic E-state index is 5.02. The van der Waals surface area contributed by atoms with Crippen LogP contribution in [0.5, 0.6) is 0 Å². The van der Waals surface area contributed by atoms with Crippen molar-refractivity contribution >= 4 is 0 Å². The van der Waals surface area contributed by atoms with Gasteiger partial charge in [0.25, 0.3) is 0 Å². The zero-order chi connectivity index (χ0) is 8.81. The molecule has 1 heterocycles. The zero-order valence-electron chi connectivity index (χ0n) is 7.84. The molecule has 2 heteroatoms. The Morgan fingerprint density at radius 1 is 1.58 bits per heavy atom. The molecule has 0 bridgehead atoms. The highest BCUT2D eigenvalue weighted by Crippen LogP contribution is 2.11. The fourth-order valence-corrected chi connectivity index (χ4v) is 1.39. The Bertz CT molecular complexity index is 194. The van der Waals surface area contributed by atoms with Crippen molar-refractivity contribution in [2.24, 2.45) is 5.92 Å². The third-order valence-corrected chi connectivity index (χ3v) is 2.17. The second kappa shape index (κ2) is 4.99. The maximum absolute atomic E-state index is 5.02. The standard InChI is InChI=1S/C10H17NO/c1-3-9(7-11-2)6-10-4-5-12-8-10/h4-5,8-9,11H,3,6-7H2,1-2H3. The van der Waals surface area contributed by atoms with Gasteiger partial charge in [0.05, 0.1) is 12.5 Å². The molecule has 0 spiro atoms. The molecular weight excluding hydrogens is 150 g/mol. The normalized spacial score (nSPS) is 13.2. The van der Waals surface area contributed by atoms with Gasteiger partial charge in [0.1, 0.15) is 0 Å². The van der Waals surface area contributed by atoms with E-state index >= 15 is 0 Å². The predicted octanol–water partition coefficient (Wildman–Crippen LogP) is 2.07. The van der Waals surface area contributed by atoms with Crippen LogP contribution in [0.15, 0.2) is 23.0 Å². The van der Waals surface area contributed by atoms with E-state index in [-0.39, 0.29) is 0 Å². The number of hydrogen-bond acceptors (Lipinski definition) is 2. The summed E-state index contributed by atoms with van der Waals surface area (Å²) in [5.41, 5.74) is 1.30. The quantitative estimate of drug-likeness (QED) is 0.726. The molecule has 0 amide bonds. The van der Waals surface area contributed by atoms with Crippen molar-refractivity contribution < 1.29 is 4.42 Å². The number of hydrogen-bond donors (Lipinski definition) is 1. The molecule has 0 aromatic carbocycles. The van der Waals surface area contributed by atoms with Gasteiger partial charge in [-0.2, -0.15) is 0 Å². The van der Waals surface area contributed by atoms with E-state index in [1.807, 2.05) is 19.4 Å². The third-order valence-electron chi connectivity index (χ3n) is 2.17. The first kappa shape index (κ1) is 9.33. The van der Waals surface area contributed by atoms with Gasteiger partial charge in [-0.3, -0.25) is 0 Å². The Labute approximate surface area is 74.0 Å². The van der Waals surface area contributed by atoms with E-state index in [0.29, 0.717) is 0 Å². The van der Waals surface area contributed by atoms with Crippen LogP contribution in [0.25, 0.3) is 0 Å². The van der Waals surface area contributed by atoms with Crippen LogP contribution in [0.1, 0.15) is 18.9 Å². The molecule has 0 saturated heterocycles. The highest BCUT2D eigenvalue weighted by atomic mass is 16.3. The lowest BCUT2D eigenvalue weighted by Gasteiger charge is -2.12. The lowest BCUT2D eigenvalue weighted by molar-refractivity contribution is 0.477. The largest absolute Gasteiger partial charge is 0.472 e. The first-order valence-electron chi connectivity index (χ1n) is 4.52. The molecule has 0 fully saturated rings. The number of furan rings is 1. The minimum absolute atomic E-state index is 0.729. The second-order valence-corrected chi connectivity index (χ2v) is 3.17. The lowest BCUT2D eigenvalue weighted by atomic mass is 9.99. The average molecular weight is 167 g/mol. The monoisotopic (exact) mass is 167 g/mol. The Morgan fingerprint density at radius 3 is 2.92 bits per heavy atom. The van der Waals surface area contributed by atoms with Gasteiger partial charge in [0, 0.05) is 0 Å². The summed E-state index contributed by atoms with van der Waals surface area (Å²) in [5, 5.41) is 3.20. The molecule has 1 rings (SSSR count). The average Bonchev–Trinajstić information content (AvgIpc) is 2.56. The van der Waals surface area contributed by atoms with Gasteiger partial charge in [0.2, 0.25) is 0 Å². The van der Waals surface area contributed by atoms with Crippen LogP contribution in [0.2, 0.25) is 0 Å². The molecule has 0 aliphatic heterocycles. The Balaban J connectivity index is 2.37. The third kappa shape index (κ3) is 2.70. The van der Waals surface area contributed by atoms with E-state index in [9.17, 15) is 0 Å². The molecule has 1 unspecified atom stereocenters. The van der Waals surface area contributed by atoms with Crippen molar-refractivity contribution in [2.75, 3.05) is 13.6 Å². The van der Waals surface area contributed by atoms with Gasteiger partial charge in [-0.05, 0) is 37.6 Å². The van der Waals surface area contributed by atoms with E-state index in [4.69, 9.17) is 4.42 Å². The minimum atomic E-state index is 0.729. The van der Waals surface area contributed by atoms with Gasteiger partial charge in [-0.1, -0.05) is 13.3 Å². The molecule has 1 N–H and O–H groups in total. The molecule has 0 aliphatic carbocycles. The maximum Gasteiger partial charge on any atom is 0.0934 e. The molecule has 1 atom stereocenters. The van der Waals surface area contributed by atoms with E-state index in [1.165, 1.54) is 12.0 Å². The van der Waals surface area contributed by atoms with E-state index in [1.54, 1.807) is 6.26 Å². The number of rotatable bonds is 5. The van der Waals surface area contributed by atoms with Crippen LogP contribution in [0.4, 0.5) is 0 Å². The minimum Gasteiger partial charge on any atom is -0.472 e. The molecule has 0 radical (unpaired) electrons. The van der Waals surface area contributed by atoms with Crippen LogP contribution >= 0.6 is 0 Å². The Kier molecular flexibility index (Phi) is 3.88. The molecule has 12 heavy (non-hydrogen) atoms. The summed E-state index contributed by atoms with van der Waals surface area (Å²) in [6.45, 7) is 3.31. The summed E-state index contributed by atoms with van der Waals surface area (Å²) in [7, 11) is 2.00. The molecule has 1 aromatic heterocycles. The van der Waals surface area contributed by atoms with Crippen molar-refractivity contribution in [2.45, 2.75) is 19.8 Å². The highest BCUT2D eigenvalue weighted by molar-refractivity contribution is 5.06. The molecule has 0 aliphatic rings. The topological polar surface area (TPSA) is 25.2 Å². The molecule has 0 saturated carbocycles. The second-order valence-electron chi connectivity index (χ2n) is 3.17. The summed E-state index contributed by atoms with van der Waals surface area (Å²) in [6.07, 6.45) is 5.90. The summed E-state index contributed by atoms with van der Waals surface area (Å²) in [4.78, 5) is 0. The highest BCUT2D eigenvalue weighted by Gasteiger charge is 2.06. The van der Waals surface area contributed by atoms with Crippen molar-refractivity contribution in [3.8, 4) is 0 Å². The first-order chi connectivity index (χ1) is 5.86. The van der Waals surface area contributed by atoms with E-state index in [0.717, 1.165) is 18.9 Å². The molecule has 68 valence electrons. The van der Waals surface area contributed by atoms with Gasteiger partial charge in [-0.15, -0.1) is 0 Å². The van der Waals surface area contributed by atoms with Crippen LogP contribution in [0, 0.1) is 5.92 Å². The van der Waals surface area contributed by atoms with E-state index < -0.39 is 0 Å². The van der Waals surface area contributed by atoms with Gasteiger partial charge >= 0.3 is 0 Å². The lowest BCUT2D eigenvalue weighted by Crippen LogP contribution is -2.19. The first-order valence-corrected chi connectivity index (χ1v) is 4.52. The van der Waals surface area contributed by atoms with Crippen molar-refractivity contribution in [3.05, 3.63) is 24.2 Å². The van der Waals surface area contributed by atoms with Gasteiger partial charge in [-0.25, -0.2) is 0 Å². The summed E-state index contributed by atoms with van der Waals surface area (Å²) >= 11 is 0. The molecule has 2 nitrogen and oxygen atoms in total. The molecular formula is C10H17NO. The smallest absolute Gasteiger partial charge is 0.0934 e. The van der Waals surface area contributed by atoms with Gasteiger partial charge < -0.3 is 9.73 Å². The summed E-state index contributed by atoms with van der Waals surface area (Å²) in [6, 6.07) is 2.04. The van der Waals surface area contributed by atoms with Crippen LogP contribution in [-0.2, 0) is 6.42 Å². The van der Waals surface area contributed by atoms with Crippen molar-refractivity contribution in [1.82, 2.24) is 5.32 Å². The van der Waals surface area contributed by atoms with Crippen LogP contribution in [-0.4, -0.2) is 13.6 Å². The Hall–Kier alpha value is -0.760. The van der Waals surface area contributed by atoms with E-state index in [2.05, 4.69) is 12.2 Å². The van der Waals surface area contributed by atoms with Crippen molar-refractivity contribution in [1.29, 1.82) is 0 Å². The fourth-order valence-electron chi connectivity index (χ4n) is 1.39. The van der Waals surface area contributed by atoms with Gasteiger partial charge in [0.15, 0.2) is 0 Å². The zero-order valence-corrected chi connectivity index (χ0v) is 7.84. The Morgan fingerprint density at radius 2 is 2.42 bits per heavy atom. The van der Waals surface area contributed by atoms with Crippen molar-refractivity contribution in [3.63, 3.8) is 0 Å².